The van der Waals surface area contributed by atoms with Gasteiger partial charge in [-0.2, -0.15) is 8.78 Å². The Balaban J connectivity index is 2.52. The third-order valence-electron chi connectivity index (χ3n) is 1.28. The maximum absolute atomic E-state index is 12.3. The van der Waals surface area contributed by atoms with Crippen LogP contribution in [0.15, 0.2) is 11.9 Å². The summed E-state index contributed by atoms with van der Waals surface area (Å²) in [7, 11) is 0. The molecule has 0 aromatic carbocycles. The lowest BCUT2D eigenvalue weighted by Crippen LogP contribution is -2.29. The smallest absolute Gasteiger partial charge is 0.304 e. The van der Waals surface area contributed by atoms with E-state index < -0.39 is 18.0 Å². The number of hydrogen-bond donors (Lipinski definition) is 0. The number of hydrogen-bond acceptors (Lipinski definition) is 2. The molecule has 0 spiro atoms. The Morgan fingerprint density at radius 2 is 1.91 bits per heavy atom. The van der Waals surface area contributed by atoms with Gasteiger partial charge in [-0.15, -0.1) is 0 Å². The second-order valence-corrected chi connectivity index (χ2v) is 2.04. The zero-order valence-corrected chi connectivity index (χ0v) is 5.65. The van der Waals surface area contributed by atoms with Gasteiger partial charge >= 0.3 is 6.08 Å². The number of ether oxygens (including phenoxy) is 2. The molecule has 5 heteroatoms. The molecule has 0 N–H and O–H groups in total. The predicted molar refractivity (Wildman–Crippen MR) is 30.9 cm³/mol. The van der Waals surface area contributed by atoms with Crippen LogP contribution in [0.3, 0.4) is 0 Å². The highest BCUT2D eigenvalue weighted by Gasteiger charge is 2.23. The molecule has 0 saturated carbocycles. The number of rotatable bonds is 1. The minimum absolute atomic E-state index is 0.136. The molecule has 64 valence electrons. The molecule has 1 heterocycles. The van der Waals surface area contributed by atoms with E-state index in [0.717, 1.165) is 0 Å². The highest BCUT2D eigenvalue weighted by atomic mass is 19.3. The van der Waals surface area contributed by atoms with Gasteiger partial charge in [0.15, 0.2) is 5.83 Å². The monoisotopic (exact) mass is 168 g/mol. The van der Waals surface area contributed by atoms with Gasteiger partial charge in [0, 0.05) is 0 Å². The normalized spacial score (nSPS) is 24.8. The van der Waals surface area contributed by atoms with E-state index in [1.165, 1.54) is 0 Å². The molecule has 1 aliphatic rings. The van der Waals surface area contributed by atoms with Crippen LogP contribution in [-0.2, 0) is 9.47 Å². The van der Waals surface area contributed by atoms with Crippen molar-refractivity contribution in [3.05, 3.63) is 11.9 Å². The van der Waals surface area contributed by atoms with Crippen LogP contribution in [-0.4, -0.2) is 25.9 Å². The van der Waals surface area contributed by atoms with Gasteiger partial charge in [0.1, 0.15) is 6.10 Å². The Morgan fingerprint density at radius 1 is 1.18 bits per heavy atom. The van der Waals surface area contributed by atoms with Crippen molar-refractivity contribution in [1.82, 2.24) is 0 Å². The first-order valence-electron chi connectivity index (χ1n) is 3.12. The van der Waals surface area contributed by atoms with E-state index in [-0.39, 0.29) is 13.2 Å². The van der Waals surface area contributed by atoms with Crippen LogP contribution < -0.4 is 0 Å². The van der Waals surface area contributed by atoms with E-state index >= 15 is 0 Å². The molecular weight excluding hydrogens is 161 g/mol. The van der Waals surface area contributed by atoms with Crippen molar-refractivity contribution in [3.8, 4) is 0 Å². The van der Waals surface area contributed by atoms with Crippen LogP contribution in [0.1, 0.15) is 0 Å². The summed E-state index contributed by atoms with van der Waals surface area (Å²) in [5, 5.41) is 0. The standard InChI is InChI=1S/C6H7F3O2/c7-5(6(8)9)4-3-10-1-2-11-4/h4H,1-3H2. The van der Waals surface area contributed by atoms with Crippen molar-refractivity contribution in [1.29, 1.82) is 0 Å². The molecule has 0 bridgehead atoms. The average molecular weight is 168 g/mol. The lowest BCUT2D eigenvalue weighted by molar-refractivity contribution is -0.0815. The van der Waals surface area contributed by atoms with Gasteiger partial charge in [0.2, 0.25) is 0 Å². The molecule has 0 aromatic rings. The maximum Gasteiger partial charge on any atom is 0.304 e. The Morgan fingerprint density at radius 3 is 2.36 bits per heavy atom. The molecule has 0 aliphatic carbocycles. The van der Waals surface area contributed by atoms with Crippen LogP contribution in [0.5, 0.6) is 0 Å². The summed E-state index contributed by atoms with van der Waals surface area (Å²) in [4.78, 5) is 0. The fourth-order valence-corrected chi connectivity index (χ4v) is 0.756. The summed E-state index contributed by atoms with van der Waals surface area (Å²) in [5.41, 5.74) is 0. The first-order chi connectivity index (χ1) is 5.22. The van der Waals surface area contributed by atoms with Crippen molar-refractivity contribution < 1.29 is 22.6 Å². The fourth-order valence-electron chi connectivity index (χ4n) is 0.756. The van der Waals surface area contributed by atoms with Gasteiger partial charge in [-0.3, -0.25) is 0 Å². The Hall–Kier alpha value is -0.550. The molecule has 2 nitrogen and oxygen atoms in total. The molecule has 0 radical (unpaired) electrons. The van der Waals surface area contributed by atoms with Crippen molar-refractivity contribution in [3.63, 3.8) is 0 Å². The Kier molecular flexibility index (Phi) is 2.90. The van der Waals surface area contributed by atoms with Crippen LogP contribution in [0.2, 0.25) is 0 Å². The molecule has 1 saturated heterocycles. The zero-order chi connectivity index (χ0) is 8.27. The molecule has 1 aliphatic heterocycles. The Labute approximate surface area is 61.6 Å². The van der Waals surface area contributed by atoms with Gasteiger partial charge in [0.25, 0.3) is 0 Å². The van der Waals surface area contributed by atoms with Crippen LogP contribution >= 0.6 is 0 Å². The molecule has 1 atom stereocenters. The van der Waals surface area contributed by atoms with E-state index in [1.54, 1.807) is 0 Å². The third kappa shape index (κ3) is 2.20. The minimum atomic E-state index is -2.33. The van der Waals surface area contributed by atoms with Gasteiger partial charge in [0.05, 0.1) is 19.8 Å². The van der Waals surface area contributed by atoms with E-state index in [0.29, 0.717) is 6.61 Å². The summed E-state index contributed by atoms with van der Waals surface area (Å²) in [6.45, 7) is 0.353. The lowest BCUT2D eigenvalue weighted by Gasteiger charge is -2.20. The van der Waals surface area contributed by atoms with E-state index in [2.05, 4.69) is 4.74 Å². The molecule has 1 fully saturated rings. The second kappa shape index (κ2) is 3.73. The maximum atomic E-state index is 12.3. The fraction of sp³-hybridized carbons (Fsp3) is 0.667. The van der Waals surface area contributed by atoms with E-state index in [4.69, 9.17) is 4.74 Å². The topological polar surface area (TPSA) is 18.5 Å². The van der Waals surface area contributed by atoms with Crippen molar-refractivity contribution in [2.45, 2.75) is 6.10 Å². The van der Waals surface area contributed by atoms with Gasteiger partial charge in [-0.1, -0.05) is 0 Å². The first-order valence-corrected chi connectivity index (χ1v) is 3.12. The molecule has 1 rings (SSSR count). The van der Waals surface area contributed by atoms with Gasteiger partial charge in [-0.05, 0) is 0 Å². The van der Waals surface area contributed by atoms with Crippen molar-refractivity contribution >= 4 is 0 Å². The Bertz CT molecular complexity index is 159. The average Bonchev–Trinajstić information content (AvgIpc) is 2.05. The number of halogens is 3. The van der Waals surface area contributed by atoms with E-state index in [1.807, 2.05) is 0 Å². The SMILES string of the molecule is FC(F)=C(F)C1COCCO1. The first kappa shape index (κ1) is 8.55. The molecule has 0 amide bonds. The van der Waals surface area contributed by atoms with Crippen molar-refractivity contribution in [2.24, 2.45) is 0 Å². The van der Waals surface area contributed by atoms with Crippen LogP contribution in [0.25, 0.3) is 0 Å². The van der Waals surface area contributed by atoms with Crippen molar-refractivity contribution in [2.75, 3.05) is 19.8 Å². The largest absolute Gasteiger partial charge is 0.376 e. The lowest BCUT2D eigenvalue weighted by atomic mass is 10.3. The van der Waals surface area contributed by atoms with E-state index in [9.17, 15) is 13.2 Å². The molecule has 0 aromatic heterocycles. The molecule has 1 unspecified atom stereocenters. The van der Waals surface area contributed by atoms with Crippen LogP contribution in [0.4, 0.5) is 13.2 Å². The highest BCUT2D eigenvalue weighted by molar-refractivity contribution is 5.00. The van der Waals surface area contributed by atoms with Gasteiger partial charge < -0.3 is 9.47 Å². The van der Waals surface area contributed by atoms with Gasteiger partial charge in [-0.25, -0.2) is 4.39 Å². The summed E-state index contributed by atoms with van der Waals surface area (Å²) in [6.07, 6.45) is -3.55. The molecular formula is C6H7F3O2. The summed E-state index contributed by atoms with van der Waals surface area (Å²) >= 11 is 0. The molecule has 11 heavy (non-hydrogen) atoms. The summed E-state index contributed by atoms with van der Waals surface area (Å²) < 4.78 is 44.9. The van der Waals surface area contributed by atoms with Crippen LogP contribution in [0, 0.1) is 0 Å². The zero-order valence-electron chi connectivity index (χ0n) is 5.65. The highest BCUT2D eigenvalue weighted by Crippen LogP contribution is 2.18. The summed E-state index contributed by atoms with van der Waals surface area (Å²) in [5.74, 6) is -1.52. The predicted octanol–water partition coefficient (Wildman–Crippen LogP) is 1.48. The minimum Gasteiger partial charge on any atom is -0.376 e. The third-order valence-corrected chi connectivity index (χ3v) is 1.28. The second-order valence-electron chi connectivity index (χ2n) is 2.04. The quantitative estimate of drug-likeness (QED) is 0.590. The summed E-state index contributed by atoms with van der Waals surface area (Å²) in [6, 6.07) is 0.